The molecule has 0 bridgehead atoms. The van der Waals surface area contributed by atoms with Crippen LogP contribution in [-0.2, 0) is 16.0 Å². The molecular weight excluding hydrogens is 320 g/mol. The molecule has 0 spiro atoms. The van der Waals surface area contributed by atoms with Crippen LogP contribution in [0.25, 0.3) is 0 Å². The predicted molar refractivity (Wildman–Crippen MR) is 94.8 cm³/mol. The molecule has 1 atom stereocenters. The molecule has 2 rings (SSSR count). The number of hydrogen-bond acceptors (Lipinski definition) is 5. The Morgan fingerprint density at radius 2 is 1.88 bits per heavy atom. The molecule has 0 fully saturated rings. The van der Waals surface area contributed by atoms with Crippen molar-refractivity contribution in [2.45, 2.75) is 25.9 Å². The average Bonchev–Trinajstić information content (AvgIpc) is 2.65. The lowest BCUT2D eigenvalue weighted by atomic mass is 10.1. The van der Waals surface area contributed by atoms with Crippen LogP contribution in [0.15, 0.2) is 48.5 Å². The van der Waals surface area contributed by atoms with Crippen molar-refractivity contribution in [2.24, 2.45) is 0 Å². The Bertz CT molecular complexity index is 666. The SMILES string of the molecule is CCOC(=O)CCc1ccc(OCC(O)c2cccc(OC)c2)cc1. The number of carbonyl (C=O) groups is 1. The third kappa shape index (κ3) is 6.12. The highest BCUT2D eigenvalue weighted by atomic mass is 16.5. The van der Waals surface area contributed by atoms with Gasteiger partial charge in [-0.25, -0.2) is 0 Å². The van der Waals surface area contributed by atoms with Gasteiger partial charge in [-0.3, -0.25) is 4.79 Å². The molecule has 1 unspecified atom stereocenters. The largest absolute Gasteiger partial charge is 0.497 e. The monoisotopic (exact) mass is 344 g/mol. The van der Waals surface area contributed by atoms with Crippen LogP contribution < -0.4 is 9.47 Å². The average molecular weight is 344 g/mol. The molecule has 0 aliphatic rings. The number of rotatable bonds is 9. The van der Waals surface area contributed by atoms with E-state index in [1.165, 1.54) is 0 Å². The van der Waals surface area contributed by atoms with Gasteiger partial charge in [-0.1, -0.05) is 24.3 Å². The molecule has 134 valence electrons. The Morgan fingerprint density at radius 1 is 1.12 bits per heavy atom. The van der Waals surface area contributed by atoms with E-state index in [0.717, 1.165) is 11.1 Å². The van der Waals surface area contributed by atoms with E-state index in [1.807, 2.05) is 42.5 Å². The van der Waals surface area contributed by atoms with Gasteiger partial charge in [0, 0.05) is 6.42 Å². The number of methoxy groups -OCH3 is 1. The molecule has 0 aliphatic heterocycles. The van der Waals surface area contributed by atoms with Crippen LogP contribution in [0.3, 0.4) is 0 Å². The Hall–Kier alpha value is -2.53. The molecule has 1 N–H and O–H groups in total. The minimum Gasteiger partial charge on any atom is -0.497 e. The van der Waals surface area contributed by atoms with E-state index in [-0.39, 0.29) is 12.6 Å². The second-order valence-corrected chi connectivity index (χ2v) is 5.55. The van der Waals surface area contributed by atoms with Gasteiger partial charge in [0.2, 0.25) is 0 Å². The summed E-state index contributed by atoms with van der Waals surface area (Å²) in [7, 11) is 1.59. The van der Waals surface area contributed by atoms with Crippen LogP contribution >= 0.6 is 0 Å². The van der Waals surface area contributed by atoms with E-state index in [0.29, 0.717) is 30.9 Å². The maximum absolute atomic E-state index is 11.4. The van der Waals surface area contributed by atoms with Crippen molar-refractivity contribution in [3.8, 4) is 11.5 Å². The molecule has 0 saturated heterocycles. The Balaban J connectivity index is 1.83. The summed E-state index contributed by atoms with van der Waals surface area (Å²) in [5, 5.41) is 10.2. The summed E-state index contributed by atoms with van der Waals surface area (Å²) in [6.07, 6.45) is 0.257. The molecule has 0 aliphatic carbocycles. The summed E-state index contributed by atoms with van der Waals surface area (Å²) in [5.41, 5.74) is 1.78. The normalized spacial score (nSPS) is 11.6. The van der Waals surface area contributed by atoms with Gasteiger partial charge < -0.3 is 19.3 Å². The fourth-order valence-electron chi connectivity index (χ4n) is 2.35. The first-order valence-electron chi connectivity index (χ1n) is 8.31. The zero-order valence-electron chi connectivity index (χ0n) is 14.6. The number of hydrogen-bond donors (Lipinski definition) is 1. The van der Waals surface area contributed by atoms with Gasteiger partial charge in [-0.05, 0) is 48.7 Å². The van der Waals surface area contributed by atoms with Gasteiger partial charge in [-0.2, -0.15) is 0 Å². The zero-order chi connectivity index (χ0) is 18.1. The number of benzene rings is 2. The quantitative estimate of drug-likeness (QED) is 0.707. The standard InChI is InChI=1S/C20H24O5/c1-3-24-20(22)12-9-15-7-10-17(11-8-15)25-14-19(21)16-5-4-6-18(13-16)23-2/h4-8,10-11,13,19,21H,3,9,12,14H2,1-2H3. The Morgan fingerprint density at radius 3 is 2.56 bits per heavy atom. The maximum atomic E-state index is 11.4. The van der Waals surface area contributed by atoms with Crippen molar-refractivity contribution in [3.05, 3.63) is 59.7 Å². The number of ether oxygens (including phenoxy) is 3. The molecule has 0 radical (unpaired) electrons. The summed E-state index contributed by atoms with van der Waals surface area (Å²) in [6, 6.07) is 14.7. The van der Waals surface area contributed by atoms with Gasteiger partial charge in [0.05, 0.1) is 13.7 Å². The van der Waals surface area contributed by atoms with Crippen LogP contribution in [0.5, 0.6) is 11.5 Å². The van der Waals surface area contributed by atoms with Gasteiger partial charge in [-0.15, -0.1) is 0 Å². The number of aliphatic hydroxyl groups excluding tert-OH is 1. The van der Waals surface area contributed by atoms with E-state index < -0.39 is 6.10 Å². The molecule has 2 aromatic carbocycles. The number of carbonyl (C=O) groups excluding carboxylic acids is 1. The van der Waals surface area contributed by atoms with Crippen LogP contribution in [0.2, 0.25) is 0 Å². The summed E-state index contributed by atoms with van der Waals surface area (Å²) < 4.78 is 15.7. The van der Waals surface area contributed by atoms with E-state index in [2.05, 4.69) is 0 Å². The van der Waals surface area contributed by atoms with Gasteiger partial charge in [0.15, 0.2) is 0 Å². The fourth-order valence-corrected chi connectivity index (χ4v) is 2.35. The van der Waals surface area contributed by atoms with Crippen molar-refractivity contribution in [2.75, 3.05) is 20.3 Å². The van der Waals surface area contributed by atoms with Crippen LogP contribution in [0, 0.1) is 0 Å². The summed E-state index contributed by atoms with van der Waals surface area (Å²) in [5.74, 6) is 1.17. The summed E-state index contributed by atoms with van der Waals surface area (Å²) in [6.45, 7) is 2.35. The highest BCUT2D eigenvalue weighted by molar-refractivity contribution is 5.69. The van der Waals surface area contributed by atoms with E-state index in [4.69, 9.17) is 14.2 Å². The molecule has 0 heterocycles. The van der Waals surface area contributed by atoms with Crippen molar-refractivity contribution < 1.29 is 24.1 Å². The van der Waals surface area contributed by atoms with Crippen molar-refractivity contribution in [1.29, 1.82) is 0 Å². The predicted octanol–water partition coefficient (Wildman–Crippen LogP) is 3.30. The molecule has 5 nitrogen and oxygen atoms in total. The van der Waals surface area contributed by atoms with Crippen molar-refractivity contribution in [1.82, 2.24) is 0 Å². The van der Waals surface area contributed by atoms with Crippen LogP contribution in [-0.4, -0.2) is 31.4 Å². The van der Waals surface area contributed by atoms with Crippen molar-refractivity contribution in [3.63, 3.8) is 0 Å². The van der Waals surface area contributed by atoms with Gasteiger partial charge >= 0.3 is 5.97 Å². The molecule has 0 saturated carbocycles. The zero-order valence-corrected chi connectivity index (χ0v) is 14.6. The Labute approximate surface area is 148 Å². The summed E-state index contributed by atoms with van der Waals surface area (Å²) in [4.78, 5) is 11.4. The molecule has 0 aromatic heterocycles. The lowest BCUT2D eigenvalue weighted by Gasteiger charge is -2.14. The smallest absolute Gasteiger partial charge is 0.306 e. The molecule has 5 heteroatoms. The molecule has 25 heavy (non-hydrogen) atoms. The van der Waals surface area contributed by atoms with E-state index in [9.17, 15) is 9.90 Å². The number of aliphatic hydroxyl groups is 1. The highest BCUT2D eigenvalue weighted by Gasteiger charge is 2.10. The maximum Gasteiger partial charge on any atom is 0.306 e. The second kappa shape index (κ2) is 9.69. The van der Waals surface area contributed by atoms with Gasteiger partial charge in [0.25, 0.3) is 0 Å². The van der Waals surface area contributed by atoms with Crippen LogP contribution in [0.4, 0.5) is 0 Å². The van der Waals surface area contributed by atoms with E-state index >= 15 is 0 Å². The highest BCUT2D eigenvalue weighted by Crippen LogP contribution is 2.21. The summed E-state index contributed by atoms with van der Waals surface area (Å²) >= 11 is 0. The first kappa shape index (κ1) is 18.8. The topological polar surface area (TPSA) is 65.0 Å². The van der Waals surface area contributed by atoms with E-state index in [1.54, 1.807) is 20.1 Å². The molecular formula is C20H24O5. The van der Waals surface area contributed by atoms with Gasteiger partial charge in [0.1, 0.15) is 24.2 Å². The van der Waals surface area contributed by atoms with Crippen LogP contribution in [0.1, 0.15) is 30.6 Å². The second-order valence-electron chi connectivity index (χ2n) is 5.55. The third-order valence-corrected chi connectivity index (χ3v) is 3.73. The lowest BCUT2D eigenvalue weighted by molar-refractivity contribution is -0.143. The Kier molecular flexibility index (Phi) is 7.29. The first-order chi connectivity index (χ1) is 12.1. The van der Waals surface area contributed by atoms with Crippen molar-refractivity contribution >= 4 is 5.97 Å². The number of aryl methyl sites for hydroxylation is 1. The number of esters is 1. The minimum absolute atomic E-state index is 0.148. The lowest BCUT2D eigenvalue weighted by Crippen LogP contribution is -2.09. The minimum atomic E-state index is -0.737. The third-order valence-electron chi connectivity index (χ3n) is 3.73. The first-order valence-corrected chi connectivity index (χ1v) is 8.31. The molecule has 2 aromatic rings. The fraction of sp³-hybridized carbons (Fsp3) is 0.350. The molecule has 0 amide bonds.